The number of hydrogen-bond acceptors (Lipinski definition) is 4. The number of nitrogens with two attached hydrogens (primary N) is 1. The Hall–Kier alpha value is -1.62. The lowest BCUT2D eigenvalue weighted by molar-refractivity contribution is 0.684. The van der Waals surface area contributed by atoms with Crippen molar-refractivity contribution in [3.05, 3.63) is 24.0 Å². The smallest absolute Gasteiger partial charge is 0.157 e. The minimum Gasteiger partial charge on any atom is -0.367 e. The maximum atomic E-state index is 5.93. The van der Waals surface area contributed by atoms with E-state index < -0.39 is 0 Å². The highest BCUT2D eigenvalue weighted by atomic mass is 15.3. The molecule has 0 aliphatic heterocycles. The van der Waals surface area contributed by atoms with Crippen LogP contribution in [0.4, 0.5) is 5.82 Å². The van der Waals surface area contributed by atoms with Crippen molar-refractivity contribution in [1.29, 1.82) is 0 Å². The number of hydrogen-bond donors (Lipinski definition) is 2. The van der Waals surface area contributed by atoms with Gasteiger partial charge in [-0.25, -0.2) is 4.98 Å². The second-order valence-corrected chi connectivity index (χ2v) is 4.80. The molecule has 0 amide bonds. The first-order valence-corrected chi connectivity index (χ1v) is 6.06. The summed E-state index contributed by atoms with van der Waals surface area (Å²) in [5.74, 6) is 1.01. The topological polar surface area (TPSA) is 68.2 Å². The molecule has 1 saturated carbocycles. The lowest BCUT2D eigenvalue weighted by Crippen LogP contribution is -2.22. The largest absolute Gasteiger partial charge is 0.367 e. The Labute approximate surface area is 100 Å². The Morgan fingerprint density at radius 3 is 3.12 bits per heavy atom. The fourth-order valence-electron chi connectivity index (χ4n) is 2.50. The summed E-state index contributed by atoms with van der Waals surface area (Å²) in [5.41, 5.74) is 7.81. The van der Waals surface area contributed by atoms with Gasteiger partial charge in [-0.2, -0.15) is 9.61 Å². The lowest BCUT2D eigenvalue weighted by Gasteiger charge is -2.15. The van der Waals surface area contributed by atoms with Gasteiger partial charge in [0.15, 0.2) is 5.65 Å². The summed E-state index contributed by atoms with van der Waals surface area (Å²) < 4.78 is 1.84. The van der Waals surface area contributed by atoms with Gasteiger partial charge < -0.3 is 11.1 Å². The van der Waals surface area contributed by atoms with Crippen LogP contribution in [-0.2, 0) is 0 Å². The molecule has 2 aromatic rings. The molecule has 3 N–H and O–H groups in total. The number of nitrogens with one attached hydrogen (secondary N) is 1. The number of anilines is 1. The Balaban J connectivity index is 1.91. The normalized spacial score (nSPS) is 24.4. The molecule has 17 heavy (non-hydrogen) atoms. The molecule has 1 aliphatic carbocycles. The van der Waals surface area contributed by atoms with E-state index in [2.05, 4.69) is 15.4 Å². The molecule has 5 nitrogen and oxygen atoms in total. The summed E-state index contributed by atoms with van der Waals surface area (Å²) in [6.07, 6.45) is 5.03. The molecule has 0 radical (unpaired) electrons. The maximum Gasteiger partial charge on any atom is 0.157 e. The Morgan fingerprint density at radius 1 is 1.47 bits per heavy atom. The van der Waals surface area contributed by atoms with Gasteiger partial charge in [-0.15, -0.1) is 0 Å². The lowest BCUT2D eigenvalue weighted by atomic mass is 10.2. The summed E-state index contributed by atoms with van der Waals surface area (Å²) >= 11 is 0. The Bertz CT molecular complexity index is 533. The Morgan fingerprint density at radius 2 is 2.35 bits per heavy atom. The van der Waals surface area contributed by atoms with Crippen LogP contribution in [0, 0.1) is 6.92 Å². The minimum absolute atomic E-state index is 0.337. The van der Waals surface area contributed by atoms with Gasteiger partial charge in [-0.1, -0.05) is 0 Å². The van der Waals surface area contributed by atoms with Crippen molar-refractivity contribution in [2.45, 2.75) is 38.3 Å². The Kier molecular flexibility index (Phi) is 2.48. The van der Waals surface area contributed by atoms with Gasteiger partial charge in [-0.3, -0.25) is 0 Å². The zero-order valence-electron chi connectivity index (χ0n) is 9.93. The standard InChI is InChI=1S/C12H17N5/c1-8-6-12(16-10-3-2-9(13)7-10)17-11(15-8)4-5-14-17/h4-6,9-10,16H,2-3,7,13H2,1H3/t9-,10+/m0/s1. The van der Waals surface area contributed by atoms with Crippen molar-refractivity contribution >= 4 is 11.5 Å². The van der Waals surface area contributed by atoms with Crippen molar-refractivity contribution < 1.29 is 0 Å². The molecule has 1 aliphatic rings. The molecule has 0 unspecified atom stereocenters. The SMILES string of the molecule is Cc1cc(N[C@@H]2CC[C@H](N)C2)n2nccc2n1. The number of aromatic nitrogens is 3. The van der Waals surface area contributed by atoms with Gasteiger partial charge in [0.2, 0.25) is 0 Å². The van der Waals surface area contributed by atoms with Crippen LogP contribution in [-0.4, -0.2) is 26.7 Å². The van der Waals surface area contributed by atoms with Gasteiger partial charge >= 0.3 is 0 Å². The first-order chi connectivity index (χ1) is 8.22. The van der Waals surface area contributed by atoms with Crippen molar-refractivity contribution in [2.75, 3.05) is 5.32 Å². The molecule has 0 spiro atoms. The first-order valence-electron chi connectivity index (χ1n) is 6.06. The van der Waals surface area contributed by atoms with Crippen LogP contribution in [0.3, 0.4) is 0 Å². The summed E-state index contributed by atoms with van der Waals surface area (Å²) in [7, 11) is 0. The van der Waals surface area contributed by atoms with E-state index in [0.29, 0.717) is 12.1 Å². The van der Waals surface area contributed by atoms with Crippen LogP contribution in [0.1, 0.15) is 25.0 Å². The molecule has 90 valence electrons. The zero-order valence-corrected chi connectivity index (χ0v) is 9.93. The van der Waals surface area contributed by atoms with E-state index in [1.54, 1.807) is 6.20 Å². The molecule has 0 saturated heterocycles. The fourth-order valence-corrected chi connectivity index (χ4v) is 2.50. The van der Waals surface area contributed by atoms with E-state index in [0.717, 1.165) is 36.4 Å². The van der Waals surface area contributed by atoms with Crippen LogP contribution in [0.15, 0.2) is 18.3 Å². The third-order valence-electron chi connectivity index (χ3n) is 3.31. The van der Waals surface area contributed by atoms with Gasteiger partial charge in [0, 0.05) is 29.9 Å². The van der Waals surface area contributed by atoms with Crippen LogP contribution < -0.4 is 11.1 Å². The molecular formula is C12H17N5. The molecule has 2 heterocycles. The van der Waals surface area contributed by atoms with E-state index in [1.165, 1.54) is 0 Å². The summed E-state index contributed by atoms with van der Waals surface area (Å²) in [6, 6.07) is 4.74. The molecule has 2 atom stereocenters. The molecule has 0 bridgehead atoms. The van der Waals surface area contributed by atoms with E-state index in [1.807, 2.05) is 23.6 Å². The van der Waals surface area contributed by atoms with Gasteiger partial charge in [0.05, 0.1) is 6.20 Å². The molecule has 5 heteroatoms. The highest BCUT2D eigenvalue weighted by Crippen LogP contribution is 2.22. The predicted octanol–water partition coefficient (Wildman–Crippen LogP) is 1.33. The minimum atomic E-state index is 0.337. The highest BCUT2D eigenvalue weighted by molar-refractivity contribution is 5.49. The van der Waals surface area contributed by atoms with Gasteiger partial charge in [0.1, 0.15) is 5.82 Å². The third kappa shape index (κ3) is 1.98. The average Bonchev–Trinajstić information content (AvgIpc) is 2.87. The average molecular weight is 231 g/mol. The highest BCUT2D eigenvalue weighted by Gasteiger charge is 2.22. The first kappa shape index (κ1) is 10.5. The molecule has 3 rings (SSSR count). The van der Waals surface area contributed by atoms with Crippen LogP contribution in [0.25, 0.3) is 5.65 Å². The van der Waals surface area contributed by atoms with Crippen molar-refractivity contribution in [3.63, 3.8) is 0 Å². The summed E-state index contributed by atoms with van der Waals surface area (Å²) in [4.78, 5) is 4.42. The van der Waals surface area contributed by atoms with Crippen molar-refractivity contribution in [2.24, 2.45) is 5.73 Å². The fraction of sp³-hybridized carbons (Fsp3) is 0.500. The van der Waals surface area contributed by atoms with Gasteiger partial charge in [0.25, 0.3) is 0 Å². The van der Waals surface area contributed by atoms with Gasteiger partial charge in [-0.05, 0) is 26.2 Å². The van der Waals surface area contributed by atoms with E-state index in [9.17, 15) is 0 Å². The third-order valence-corrected chi connectivity index (χ3v) is 3.31. The van der Waals surface area contributed by atoms with Crippen LogP contribution >= 0.6 is 0 Å². The second kappa shape index (κ2) is 4.00. The quantitative estimate of drug-likeness (QED) is 0.818. The molecule has 0 aromatic carbocycles. The zero-order chi connectivity index (χ0) is 11.8. The maximum absolute atomic E-state index is 5.93. The molecule has 2 aromatic heterocycles. The number of rotatable bonds is 2. The molecule has 1 fully saturated rings. The van der Waals surface area contributed by atoms with Crippen molar-refractivity contribution in [3.8, 4) is 0 Å². The second-order valence-electron chi connectivity index (χ2n) is 4.80. The predicted molar refractivity (Wildman–Crippen MR) is 67.0 cm³/mol. The van der Waals surface area contributed by atoms with Crippen LogP contribution in [0.2, 0.25) is 0 Å². The summed E-state index contributed by atoms with van der Waals surface area (Å²) in [5, 5.41) is 7.80. The van der Waals surface area contributed by atoms with E-state index in [4.69, 9.17) is 5.73 Å². The monoisotopic (exact) mass is 231 g/mol. The molecular weight excluding hydrogens is 214 g/mol. The van der Waals surface area contributed by atoms with Crippen LogP contribution in [0.5, 0.6) is 0 Å². The van der Waals surface area contributed by atoms with E-state index >= 15 is 0 Å². The van der Waals surface area contributed by atoms with E-state index in [-0.39, 0.29) is 0 Å². The number of fused-ring (bicyclic) bond motifs is 1. The number of nitrogens with zero attached hydrogens (tertiary/aromatic N) is 3. The number of aryl methyl sites for hydroxylation is 1. The summed E-state index contributed by atoms with van der Waals surface area (Å²) in [6.45, 7) is 2.00. The van der Waals surface area contributed by atoms with Crippen molar-refractivity contribution in [1.82, 2.24) is 14.6 Å².